The zero-order chi connectivity index (χ0) is 20.4. The minimum Gasteiger partial charge on any atom is -0.331 e. The minimum atomic E-state index is -0.584. The maximum atomic E-state index is 14.4. The Labute approximate surface area is 174 Å². The van der Waals surface area contributed by atoms with Gasteiger partial charge in [-0.1, -0.05) is 36.2 Å². The monoisotopic (exact) mass is 417 g/mol. The van der Waals surface area contributed by atoms with Crippen molar-refractivity contribution in [3.05, 3.63) is 59.2 Å². The van der Waals surface area contributed by atoms with E-state index in [0.717, 1.165) is 36.8 Å². The molecular weight excluding hydrogens is 392 g/mol. The zero-order valence-corrected chi connectivity index (χ0v) is 17.2. The van der Waals surface area contributed by atoms with Crippen LogP contribution in [0.5, 0.6) is 0 Å². The van der Waals surface area contributed by atoms with Crippen molar-refractivity contribution in [1.82, 2.24) is 14.9 Å². The van der Waals surface area contributed by atoms with Gasteiger partial charge in [-0.25, -0.2) is 13.6 Å². The number of carbonyl (C=O) groups is 1. The molecule has 0 aromatic heterocycles. The highest BCUT2D eigenvalue weighted by molar-refractivity contribution is 7.96. The number of rotatable bonds is 4. The van der Waals surface area contributed by atoms with Gasteiger partial charge in [0.1, 0.15) is 11.6 Å². The summed E-state index contributed by atoms with van der Waals surface area (Å²) in [5, 5.41) is 3.12. The molecule has 2 aliphatic rings. The largest absolute Gasteiger partial charge is 0.331 e. The molecule has 2 N–H and O–H groups in total. The number of benzene rings is 2. The maximum absolute atomic E-state index is 14.4. The number of piperidine rings is 1. The molecule has 2 aromatic carbocycles. The van der Waals surface area contributed by atoms with Gasteiger partial charge >= 0.3 is 6.03 Å². The third-order valence-electron chi connectivity index (χ3n) is 5.84. The molecule has 0 spiro atoms. The molecule has 154 valence electrons. The van der Waals surface area contributed by atoms with Gasteiger partial charge in [-0.2, -0.15) is 0 Å². The van der Waals surface area contributed by atoms with Crippen molar-refractivity contribution in [3.63, 3.8) is 0 Å². The predicted molar refractivity (Wildman–Crippen MR) is 113 cm³/mol. The number of nitrogens with zero attached hydrogens (tertiary/aromatic N) is 1. The lowest BCUT2D eigenvalue weighted by molar-refractivity contribution is 0.176. The molecule has 1 aliphatic carbocycles. The number of carbonyl (C=O) groups excluding carboxylic acids is 1. The van der Waals surface area contributed by atoms with Crippen molar-refractivity contribution in [3.8, 4) is 11.1 Å². The Morgan fingerprint density at radius 2 is 1.76 bits per heavy atom. The number of aryl methyl sites for hydroxylation is 1. The highest BCUT2D eigenvalue weighted by Crippen LogP contribution is 2.40. The molecule has 1 aliphatic heterocycles. The van der Waals surface area contributed by atoms with Gasteiger partial charge in [-0.05, 0) is 60.8 Å². The second kappa shape index (κ2) is 8.71. The Morgan fingerprint density at radius 1 is 1.07 bits per heavy atom. The third-order valence-corrected chi connectivity index (χ3v) is 6.41. The number of likely N-dealkylation sites (tertiary alicyclic amines) is 1. The topological polar surface area (TPSA) is 44.4 Å². The molecule has 0 saturated carbocycles. The average Bonchev–Trinajstić information content (AvgIpc) is 3.12. The van der Waals surface area contributed by atoms with E-state index in [-0.39, 0.29) is 17.6 Å². The first-order valence-corrected chi connectivity index (χ1v) is 11.2. The second-order valence-corrected chi connectivity index (χ2v) is 8.24. The number of urea groups is 1. The molecule has 7 heteroatoms. The molecule has 4 nitrogen and oxygen atoms in total. The molecule has 1 saturated heterocycles. The SMILES string of the molecule is CSNC1CCN(C(=O)NC2CCc3cccc(-c4c(F)cccc4F)c32)CC1. The lowest BCUT2D eigenvalue weighted by atomic mass is 9.94. The number of halogens is 2. The van der Waals surface area contributed by atoms with Gasteiger partial charge in [0.2, 0.25) is 0 Å². The van der Waals surface area contributed by atoms with Crippen molar-refractivity contribution in [2.24, 2.45) is 0 Å². The molecule has 0 bridgehead atoms. The quantitative estimate of drug-likeness (QED) is 0.711. The van der Waals surface area contributed by atoms with E-state index < -0.39 is 11.6 Å². The predicted octanol–water partition coefficient (Wildman–Crippen LogP) is 4.66. The Bertz CT molecular complexity index is 879. The van der Waals surface area contributed by atoms with Crippen LogP contribution in [0.15, 0.2) is 36.4 Å². The fourth-order valence-corrected chi connectivity index (χ4v) is 4.98. The van der Waals surface area contributed by atoms with E-state index in [1.807, 2.05) is 23.3 Å². The third kappa shape index (κ3) is 4.12. The Hall–Kier alpha value is -2.12. The zero-order valence-electron chi connectivity index (χ0n) is 16.4. The van der Waals surface area contributed by atoms with Gasteiger partial charge in [-0.3, -0.25) is 4.72 Å². The first-order chi connectivity index (χ1) is 14.1. The maximum Gasteiger partial charge on any atom is 0.317 e. The van der Waals surface area contributed by atoms with Crippen LogP contribution in [0.1, 0.15) is 36.4 Å². The van der Waals surface area contributed by atoms with E-state index in [1.165, 1.54) is 18.2 Å². The highest BCUT2D eigenvalue weighted by Gasteiger charge is 2.31. The van der Waals surface area contributed by atoms with Crippen LogP contribution in [0.4, 0.5) is 13.6 Å². The Morgan fingerprint density at radius 3 is 2.45 bits per heavy atom. The van der Waals surface area contributed by atoms with Gasteiger partial charge < -0.3 is 10.2 Å². The summed E-state index contributed by atoms with van der Waals surface area (Å²) < 4.78 is 32.2. The summed E-state index contributed by atoms with van der Waals surface area (Å²) in [6, 6.07) is 9.54. The van der Waals surface area contributed by atoms with Gasteiger partial charge in [0, 0.05) is 19.1 Å². The molecule has 0 radical (unpaired) electrons. The van der Waals surface area contributed by atoms with Crippen LogP contribution in [0.25, 0.3) is 11.1 Å². The lowest BCUT2D eigenvalue weighted by Gasteiger charge is -2.33. The Balaban J connectivity index is 1.54. The van der Waals surface area contributed by atoms with Crippen LogP contribution in [0.3, 0.4) is 0 Å². The molecule has 2 aromatic rings. The summed E-state index contributed by atoms with van der Waals surface area (Å²) in [6.45, 7) is 1.40. The first-order valence-electron chi connectivity index (χ1n) is 9.98. The summed E-state index contributed by atoms with van der Waals surface area (Å²) in [6.07, 6.45) is 5.36. The van der Waals surface area contributed by atoms with E-state index in [2.05, 4.69) is 10.0 Å². The summed E-state index contributed by atoms with van der Waals surface area (Å²) in [5.74, 6) is -1.17. The van der Waals surface area contributed by atoms with Crippen molar-refractivity contribution in [2.75, 3.05) is 19.3 Å². The highest BCUT2D eigenvalue weighted by atomic mass is 32.2. The van der Waals surface area contributed by atoms with Gasteiger partial charge in [0.25, 0.3) is 0 Å². The Kier molecular flexibility index (Phi) is 6.06. The average molecular weight is 418 g/mol. The van der Waals surface area contributed by atoms with Crippen LogP contribution in [0.2, 0.25) is 0 Å². The number of hydrogen-bond donors (Lipinski definition) is 2. The van der Waals surface area contributed by atoms with Crippen LogP contribution < -0.4 is 10.0 Å². The smallest absolute Gasteiger partial charge is 0.317 e. The summed E-state index contributed by atoms with van der Waals surface area (Å²) in [7, 11) is 0. The molecular formula is C22H25F2N3OS. The second-order valence-electron chi connectivity index (χ2n) is 7.60. The van der Waals surface area contributed by atoms with Crippen molar-refractivity contribution < 1.29 is 13.6 Å². The normalized spacial score (nSPS) is 19.3. The van der Waals surface area contributed by atoms with Gasteiger partial charge in [0.05, 0.1) is 11.6 Å². The van der Waals surface area contributed by atoms with Crippen molar-refractivity contribution in [2.45, 2.75) is 37.8 Å². The van der Waals surface area contributed by atoms with E-state index in [4.69, 9.17) is 0 Å². The summed E-state index contributed by atoms with van der Waals surface area (Å²) in [5.41, 5.74) is 2.39. The molecule has 1 atom stereocenters. The van der Waals surface area contributed by atoms with Crippen LogP contribution in [-0.2, 0) is 6.42 Å². The standard InChI is InChI=1S/C22H25F2N3OS/c1-29-26-15-10-12-27(13-11-15)22(28)25-19-9-8-14-4-2-5-16(20(14)19)21-17(23)6-3-7-18(21)24/h2-7,15,19,26H,8-13H2,1H3,(H,25,28). The van der Waals surface area contributed by atoms with Crippen molar-refractivity contribution in [1.29, 1.82) is 0 Å². The van der Waals surface area contributed by atoms with Crippen molar-refractivity contribution >= 4 is 18.0 Å². The number of nitrogens with one attached hydrogen (secondary N) is 2. The summed E-state index contributed by atoms with van der Waals surface area (Å²) >= 11 is 1.61. The van der Waals surface area contributed by atoms with Crippen LogP contribution in [-0.4, -0.2) is 36.3 Å². The fourth-order valence-electron chi connectivity index (χ4n) is 4.41. The van der Waals surface area contributed by atoms with E-state index in [1.54, 1.807) is 18.0 Å². The summed E-state index contributed by atoms with van der Waals surface area (Å²) in [4.78, 5) is 14.7. The number of hydrogen-bond acceptors (Lipinski definition) is 3. The first kappa shape index (κ1) is 20.2. The number of amides is 2. The molecule has 4 rings (SSSR count). The lowest BCUT2D eigenvalue weighted by Crippen LogP contribution is -2.48. The fraction of sp³-hybridized carbons (Fsp3) is 0.409. The van der Waals surface area contributed by atoms with E-state index in [9.17, 15) is 13.6 Å². The molecule has 1 unspecified atom stereocenters. The molecule has 2 amide bonds. The van der Waals surface area contributed by atoms with Crippen LogP contribution >= 0.6 is 11.9 Å². The van der Waals surface area contributed by atoms with E-state index >= 15 is 0 Å². The molecule has 29 heavy (non-hydrogen) atoms. The van der Waals surface area contributed by atoms with E-state index in [0.29, 0.717) is 24.7 Å². The van der Waals surface area contributed by atoms with Gasteiger partial charge in [-0.15, -0.1) is 0 Å². The minimum absolute atomic E-state index is 0.0190. The molecule has 1 heterocycles. The van der Waals surface area contributed by atoms with Crippen LogP contribution in [0, 0.1) is 11.6 Å². The van der Waals surface area contributed by atoms with Gasteiger partial charge in [0.15, 0.2) is 0 Å². The molecule has 1 fully saturated rings. The number of fused-ring (bicyclic) bond motifs is 1.